The Morgan fingerprint density at radius 1 is 1.50 bits per heavy atom. The number of aromatic nitrogens is 1. The van der Waals surface area contributed by atoms with Gasteiger partial charge in [-0.25, -0.2) is 0 Å². The molecule has 0 aliphatic rings. The minimum atomic E-state index is -0.204. The molecule has 1 heterocycles. The van der Waals surface area contributed by atoms with E-state index in [0.29, 0.717) is 0 Å². The highest BCUT2D eigenvalue weighted by atomic mass is 14.9. The molecule has 0 fully saturated rings. The number of nitrogens with zero attached hydrogens (tertiary/aromatic N) is 2. The number of rotatable bonds is 5. The summed E-state index contributed by atoms with van der Waals surface area (Å²) in [5.74, 6) is 0. The van der Waals surface area contributed by atoms with E-state index in [0.717, 1.165) is 24.9 Å². The summed E-state index contributed by atoms with van der Waals surface area (Å²) in [5, 5.41) is 12.1. The molecule has 1 aromatic rings. The molecule has 0 aromatic carbocycles. The van der Waals surface area contributed by atoms with Crippen LogP contribution in [0.2, 0.25) is 0 Å². The summed E-state index contributed by atoms with van der Waals surface area (Å²) in [4.78, 5) is 3.92. The first kappa shape index (κ1) is 10.7. The van der Waals surface area contributed by atoms with Crippen LogP contribution in [0.25, 0.3) is 0 Å². The molecule has 1 aromatic heterocycles. The largest absolute Gasteiger partial charge is 0.298 e. The molecular formula is C11H15N3. The normalized spacial score (nSPS) is 12.0. The molecule has 0 aliphatic carbocycles. The van der Waals surface area contributed by atoms with E-state index in [1.54, 1.807) is 12.4 Å². The summed E-state index contributed by atoms with van der Waals surface area (Å²) in [6, 6.07) is 5.77. The Bertz CT molecular complexity index is 289. The van der Waals surface area contributed by atoms with Crippen LogP contribution in [0.4, 0.5) is 0 Å². The monoisotopic (exact) mass is 189 g/mol. The fourth-order valence-corrected chi connectivity index (χ4v) is 1.22. The van der Waals surface area contributed by atoms with Crippen LogP contribution in [-0.4, -0.2) is 11.5 Å². The van der Waals surface area contributed by atoms with Crippen LogP contribution in [0, 0.1) is 11.3 Å². The van der Waals surface area contributed by atoms with Crippen molar-refractivity contribution in [2.24, 2.45) is 0 Å². The molecule has 0 bridgehead atoms. The lowest BCUT2D eigenvalue weighted by molar-refractivity contribution is 0.597. The molecule has 0 spiro atoms. The Balaban J connectivity index is 2.52. The van der Waals surface area contributed by atoms with Gasteiger partial charge in [0.25, 0.3) is 0 Å². The third kappa shape index (κ3) is 3.15. The van der Waals surface area contributed by atoms with Crippen LogP contribution in [0.15, 0.2) is 24.5 Å². The second-order valence-electron chi connectivity index (χ2n) is 3.15. The van der Waals surface area contributed by atoms with Crippen LogP contribution in [0.5, 0.6) is 0 Å². The number of pyridine rings is 1. The predicted octanol–water partition coefficient (Wildman–Crippen LogP) is 2.04. The number of nitriles is 1. The summed E-state index contributed by atoms with van der Waals surface area (Å²) in [7, 11) is 0. The van der Waals surface area contributed by atoms with E-state index >= 15 is 0 Å². The Morgan fingerprint density at radius 2 is 2.21 bits per heavy atom. The van der Waals surface area contributed by atoms with Gasteiger partial charge >= 0.3 is 0 Å². The summed E-state index contributed by atoms with van der Waals surface area (Å²) in [5.41, 5.74) is 0.985. The Morgan fingerprint density at radius 3 is 2.79 bits per heavy atom. The summed E-state index contributed by atoms with van der Waals surface area (Å²) in [6.45, 7) is 3.02. The first-order valence-corrected chi connectivity index (χ1v) is 4.91. The summed E-state index contributed by atoms with van der Waals surface area (Å²) >= 11 is 0. The van der Waals surface area contributed by atoms with E-state index < -0.39 is 0 Å². The molecule has 14 heavy (non-hydrogen) atoms. The first-order valence-electron chi connectivity index (χ1n) is 4.91. The number of hydrogen-bond acceptors (Lipinski definition) is 3. The zero-order chi connectivity index (χ0) is 10.2. The standard InChI is InChI=1S/C11H15N3/c1-2-3-6-14-11(9-12)10-4-7-13-8-5-10/h4-5,7-8,11,14H,2-3,6H2,1H3. The van der Waals surface area contributed by atoms with Gasteiger partial charge in [0.15, 0.2) is 0 Å². The molecule has 0 saturated heterocycles. The van der Waals surface area contributed by atoms with E-state index in [1.165, 1.54) is 0 Å². The minimum Gasteiger partial charge on any atom is -0.298 e. The number of unbranched alkanes of at least 4 members (excludes halogenated alkanes) is 1. The minimum absolute atomic E-state index is 0.204. The maximum absolute atomic E-state index is 8.95. The molecule has 0 saturated carbocycles. The van der Waals surface area contributed by atoms with Crippen molar-refractivity contribution in [3.05, 3.63) is 30.1 Å². The SMILES string of the molecule is CCCCNC(C#N)c1ccncc1. The second kappa shape index (κ2) is 6.11. The van der Waals surface area contributed by atoms with Gasteiger partial charge in [-0.15, -0.1) is 0 Å². The third-order valence-corrected chi connectivity index (χ3v) is 2.05. The van der Waals surface area contributed by atoms with E-state index in [1.807, 2.05) is 12.1 Å². The average molecular weight is 189 g/mol. The molecule has 1 rings (SSSR count). The van der Waals surface area contributed by atoms with Gasteiger partial charge in [0.05, 0.1) is 6.07 Å². The molecule has 3 heteroatoms. The Labute approximate surface area is 84.8 Å². The number of hydrogen-bond donors (Lipinski definition) is 1. The maximum Gasteiger partial charge on any atom is 0.121 e. The molecule has 0 aliphatic heterocycles. The lowest BCUT2D eigenvalue weighted by Gasteiger charge is -2.10. The lowest BCUT2D eigenvalue weighted by Crippen LogP contribution is -2.20. The van der Waals surface area contributed by atoms with Crippen molar-refractivity contribution in [1.29, 1.82) is 5.26 Å². The van der Waals surface area contributed by atoms with Gasteiger partial charge in [-0.1, -0.05) is 13.3 Å². The molecule has 0 amide bonds. The topological polar surface area (TPSA) is 48.7 Å². The van der Waals surface area contributed by atoms with Crippen LogP contribution >= 0.6 is 0 Å². The highest BCUT2D eigenvalue weighted by Crippen LogP contribution is 2.09. The number of nitrogens with one attached hydrogen (secondary N) is 1. The van der Waals surface area contributed by atoms with Crippen molar-refractivity contribution in [2.45, 2.75) is 25.8 Å². The Kier molecular flexibility index (Phi) is 4.66. The van der Waals surface area contributed by atoms with E-state index in [2.05, 4.69) is 23.3 Å². The zero-order valence-electron chi connectivity index (χ0n) is 8.40. The van der Waals surface area contributed by atoms with Gasteiger partial charge in [-0.05, 0) is 30.7 Å². The third-order valence-electron chi connectivity index (χ3n) is 2.05. The van der Waals surface area contributed by atoms with Gasteiger partial charge in [0, 0.05) is 12.4 Å². The van der Waals surface area contributed by atoms with Crippen molar-refractivity contribution in [1.82, 2.24) is 10.3 Å². The molecule has 0 radical (unpaired) electrons. The molecule has 1 N–H and O–H groups in total. The van der Waals surface area contributed by atoms with Gasteiger partial charge in [0.2, 0.25) is 0 Å². The molecule has 1 atom stereocenters. The van der Waals surface area contributed by atoms with Crippen molar-refractivity contribution in [3.63, 3.8) is 0 Å². The first-order chi connectivity index (χ1) is 6.88. The van der Waals surface area contributed by atoms with Gasteiger partial charge in [0.1, 0.15) is 6.04 Å². The fraction of sp³-hybridized carbons (Fsp3) is 0.455. The van der Waals surface area contributed by atoms with E-state index in [-0.39, 0.29) is 6.04 Å². The molecule has 1 unspecified atom stereocenters. The van der Waals surface area contributed by atoms with Crippen molar-refractivity contribution >= 4 is 0 Å². The van der Waals surface area contributed by atoms with Crippen molar-refractivity contribution in [2.75, 3.05) is 6.54 Å². The zero-order valence-corrected chi connectivity index (χ0v) is 8.40. The highest BCUT2D eigenvalue weighted by Gasteiger charge is 2.07. The molecular weight excluding hydrogens is 174 g/mol. The summed E-state index contributed by atoms with van der Waals surface area (Å²) < 4.78 is 0. The maximum atomic E-state index is 8.95. The highest BCUT2D eigenvalue weighted by molar-refractivity contribution is 5.20. The molecule has 74 valence electrons. The smallest absolute Gasteiger partial charge is 0.121 e. The van der Waals surface area contributed by atoms with Crippen LogP contribution in [0.3, 0.4) is 0 Å². The quantitative estimate of drug-likeness (QED) is 0.721. The van der Waals surface area contributed by atoms with Crippen LogP contribution in [-0.2, 0) is 0 Å². The van der Waals surface area contributed by atoms with Crippen LogP contribution < -0.4 is 5.32 Å². The fourth-order valence-electron chi connectivity index (χ4n) is 1.22. The van der Waals surface area contributed by atoms with Gasteiger partial charge < -0.3 is 0 Å². The lowest BCUT2D eigenvalue weighted by atomic mass is 10.1. The van der Waals surface area contributed by atoms with E-state index in [4.69, 9.17) is 5.26 Å². The van der Waals surface area contributed by atoms with E-state index in [9.17, 15) is 0 Å². The second-order valence-corrected chi connectivity index (χ2v) is 3.15. The predicted molar refractivity (Wildman–Crippen MR) is 55.5 cm³/mol. The van der Waals surface area contributed by atoms with Crippen molar-refractivity contribution in [3.8, 4) is 6.07 Å². The summed E-state index contributed by atoms with van der Waals surface area (Å²) in [6.07, 6.45) is 5.66. The van der Waals surface area contributed by atoms with Crippen molar-refractivity contribution < 1.29 is 0 Å². The van der Waals surface area contributed by atoms with Gasteiger partial charge in [-0.2, -0.15) is 5.26 Å². The molecule has 3 nitrogen and oxygen atoms in total. The van der Waals surface area contributed by atoms with Crippen LogP contribution in [0.1, 0.15) is 31.4 Å². The van der Waals surface area contributed by atoms with Gasteiger partial charge in [-0.3, -0.25) is 10.3 Å². The average Bonchev–Trinajstić information content (AvgIpc) is 2.26. The Hall–Kier alpha value is -1.40.